The lowest BCUT2D eigenvalue weighted by molar-refractivity contribution is 0.0692. The largest absolute Gasteiger partial charge is 0.489 e. The van der Waals surface area contributed by atoms with Crippen LogP contribution in [-0.2, 0) is 6.54 Å². The van der Waals surface area contributed by atoms with E-state index in [4.69, 9.17) is 9.15 Å². The van der Waals surface area contributed by atoms with Crippen molar-refractivity contribution in [2.75, 3.05) is 18.1 Å². The molecule has 2 heterocycles. The average molecular weight is 273 g/mol. The first-order valence-electron chi connectivity index (χ1n) is 6.44. The van der Waals surface area contributed by atoms with E-state index in [0.29, 0.717) is 25.4 Å². The third kappa shape index (κ3) is 2.22. The van der Waals surface area contributed by atoms with Gasteiger partial charge in [0.05, 0.1) is 18.8 Å². The summed E-state index contributed by atoms with van der Waals surface area (Å²) in [6.07, 6.45) is 0. The molecule has 0 unspecified atom stereocenters. The van der Waals surface area contributed by atoms with Crippen LogP contribution < -0.4 is 9.64 Å². The number of carbonyl (C=O) groups is 1. The first-order chi connectivity index (χ1) is 9.65. The molecule has 1 aromatic carbocycles. The Labute approximate surface area is 116 Å². The van der Waals surface area contributed by atoms with E-state index in [-0.39, 0.29) is 5.56 Å². The molecule has 1 aliphatic rings. The fraction of sp³-hybridized carbons (Fsp3) is 0.267. The van der Waals surface area contributed by atoms with Crippen molar-refractivity contribution in [3.63, 3.8) is 0 Å². The summed E-state index contributed by atoms with van der Waals surface area (Å²) in [5, 5.41) is 9.20. The quantitative estimate of drug-likeness (QED) is 0.931. The van der Waals surface area contributed by atoms with Gasteiger partial charge in [-0.05, 0) is 31.2 Å². The predicted octanol–water partition coefficient (Wildman–Crippen LogP) is 2.69. The number of para-hydroxylation sites is 1. The average Bonchev–Trinajstić information content (AvgIpc) is 2.84. The Kier molecular flexibility index (Phi) is 3.10. The van der Waals surface area contributed by atoms with E-state index in [9.17, 15) is 9.90 Å². The van der Waals surface area contributed by atoms with Crippen molar-refractivity contribution in [1.82, 2.24) is 0 Å². The fourth-order valence-electron chi connectivity index (χ4n) is 2.39. The standard InChI is InChI=1S/C15H15NO4/c1-10-5-6-11(20-10)9-16-7-8-19-14-12(15(17)18)3-2-4-13(14)16/h2-6H,7-9H2,1H3,(H,17,18). The molecule has 0 bridgehead atoms. The summed E-state index contributed by atoms with van der Waals surface area (Å²) in [5.41, 5.74) is 0.994. The molecule has 1 aliphatic heterocycles. The number of carboxylic acid groups (broad SMARTS) is 1. The molecule has 3 rings (SSSR count). The van der Waals surface area contributed by atoms with E-state index in [0.717, 1.165) is 17.2 Å². The number of hydrogen-bond acceptors (Lipinski definition) is 4. The van der Waals surface area contributed by atoms with E-state index < -0.39 is 5.97 Å². The number of ether oxygens (including phenoxy) is 1. The highest BCUT2D eigenvalue weighted by Crippen LogP contribution is 2.35. The van der Waals surface area contributed by atoms with Crippen LogP contribution in [0.3, 0.4) is 0 Å². The van der Waals surface area contributed by atoms with Crippen LogP contribution in [-0.4, -0.2) is 24.2 Å². The van der Waals surface area contributed by atoms with Gasteiger partial charge < -0.3 is 19.2 Å². The SMILES string of the molecule is Cc1ccc(CN2CCOc3c(C(=O)O)cccc32)o1. The fourth-order valence-corrected chi connectivity index (χ4v) is 2.39. The van der Waals surface area contributed by atoms with Crippen LogP contribution in [0.2, 0.25) is 0 Å². The molecule has 1 aromatic heterocycles. The third-order valence-corrected chi connectivity index (χ3v) is 3.32. The van der Waals surface area contributed by atoms with Crippen molar-refractivity contribution in [2.24, 2.45) is 0 Å². The number of nitrogens with zero attached hydrogens (tertiary/aromatic N) is 1. The zero-order chi connectivity index (χ0) is 14.1. The molecule has 5 heteroatoms. The highest BCUT2D eigenvalue weighted by Gasteiger charge is 2.24. The lowest BCUT2D eigenvalue weighted by atomic mass is 10.1. The van der Waals surface area contributed by atoms with Gasteiger partial charge in [0.25, 0.3) is 0 Å². The molecular formula is C15H15NO4. The number of fused-ring (bicyclic) bond motifs is 1. The maximum atomic E-state index is 11.2. The Morgan fingerprint density at radius 3 is 2.90 bits per heavy atom. The second kappa shape index (κ2) is 4.92. The van der Waals surface area contributed by atoms with Gasteiger partial charge in [0, 0.05) is 0 Å². The van der Waals surface area contributed by atoms with Crippen LogP contribution in [0.5, 0.6) is 5.75 Å². The molecule has 0 fully saturated rings. The van der Waals surface area contributed by atoms with Gasteiger partial charge in [-0.2, -0.15) is 0 Å². The molecule has 0 saturated carbocycles. The normalized spacial score (nSPS) is 13.8. The van der Waals surface area contributed by atoms with Gasteiger partial charge in [-0.3, -0.25) is 0 Å². The van der Waals surface area contributed by atoms with Gasteiger partial charge >= 0.3 is 5.97 Å². The summed E-state index contributed by atoms with van der Waals surface area (Å²) < 4.78 is 11.1. The number of aromatic carboxylic acids is 1. The molecule has 0 spiro atoms. The van der Waals surface area contributed by atoms with Gasteiger partial charge in [0.1, 0.15) is 23.7 Å². The molecule has 1 N–H and O–H groups in total. The highest BCUT2D eigenvalue weighted by molar-refractivity contribution is 5.93. The first kappa shape index (κ1) is 12.6. The monoisotopic (exact) mass is 273 g/mol. The summed E-state index contributed by atoms with van der Waals surface area (Å²) in [6, 6.07) is 9.02. The second-order valence-corrected chi connectivity index (χ2v) is 4.74. The zero-order valence-electron chi connectivity index (χ0n) is 11.1. The summed E-state index contributed by atoms with van der Waals surface area (Å²) in [5.74, 6) is 1.19. The molecule has 0 amide bonds. The molecule has 0 aliphatic carbocycles. The molecule has 0 radical (unpaired) electrons. The number of furan rings is 1. The van der Waals surface area contributed by atoms with Crippen LogP contribution in [0.25, 0.3) is 0 Å². The lowest BCUT2D eigenvalue weighted by Gasteiger charge is -2.31. The molecule has 0 saturated heterocycles. The van der Waals surface area contributed by atoms with Crippen molar-refractivity contribution in [2.45, 2.75) is 13.5 Å². The lowest BCUT2D eigenvalue weighted by Crippen LogP contribution is -2.32. The van der Waals surface area contributed by atoms with E-state index in [2.05, 4.69) is 4.90 Å². The highest BCUT2D eigenvalue weighted by atomic mass is 16.5. The van der Waals surface area contributed by atoms with Crippen LogP contribution >= 0.6 is 0 Å². The number of rotatable bonds is 3. The van der Waals surface area contributed by atoms with Crippen LogP contribution in [0.1, 0.15) is 21.9 Å². The van der Waals surface area contributed by atoms with Crippen LogP contribution in [0, 0.1) is 6.92 Å². The summed E-state index contributed by atoms with van der Waals surface area (Å²) in [6.45, 7) is 3.68. The van der Waals surface area contributed by atoms with Crippen molar-refractivity contribution in [3.05, 3.63) is 47.4 Å². The van der Waals surface area contributed by atoms with Gasteiger partial charge in [-0.15, -0.1) is 0 Å². The number of hydrogen-bond donors (Lipinski definition) is 1. The number of anilines is 1. The first-order valence-corrected chi connectivity index (χ1v) is 6.44. The smallest absolute Gasteiger partial charge is 0.339 e. The Balaban J connectivity index is 1.94. The number of aryl methyl sites for hydroxylation is 1. The van der Waals surface area contributed by atoms with Gasteiger partial charge in [-0.25, -0.2) is 4.79 Å². The van der Waals surface area contributed by atoms with Crippen LogP contribution in [0.15, 0.2) is 34.7 Å². The van der Waals surface area contributed by atoms with Gasteiger partial charge in [0.15, 0.2) is 5.75 Å². The Morgan fingerprint density at radius 1 is 1.35 bits per heavy atom. The Morgan fingerprint density at radius 2 is 2.20 bits per heavy atom. The number of benzene rings is 1. The van der Waals surface area contributed by atoms with E-state index >= 15 is 0 Å². The minimum absolute atomic E-state index is 0.197. The molecule has 104 valence electrons. The predicted molar refractivity (Wildman–Crippen MR) is 73.4 cm³/mol. The maximum absolute atomic E-state index is 11.2. The minimum atomic E-state index is -0.974. The second-order valence-electron chi connectivity index (χ2n) is 4.74. The van der Waals surface area contributed by atoms with Crippen molar-refractivity contribution >= 4 is 11.7 Å². The molecule has 2 aromatic rings. The van der Waals surface area contributed by atoms with Gasteiger partial charge in [0.2, 0.25) is 0 Å². The summed E-state index contributed by atoms with van der Waals surface area (Å²) in [4.78, 5) is 13.3. The van der Waals surface area contributed by atoms with Crippen LogP contribution in [0.4, 0.5) is 5.69 Å². The maximum Gasteiger partial charge on any atom is 0.339 e. The minimum Gasteiger partial charge on any atom is -0.489 e. The van der Waals surface area contributed by atoms with Crippen molar-refractivity contribution in [3.8, 4) is 5.75 Å². The van der Waals surface area contributed by atoms with E-state index in [1.165, 1.54) is 0 Å². The Hall–Kier alpha value is -2.43. The summed E-state index contributed by atoms with van der Waals surface area (Å²) >= 11 is 0. The molecule has 5 nitrogen and oxygen atoms in total. The molecule has 0 atom stereocenters. The van der Waals surface area contributed by atoms with Gasteiger partial charge in [-0.1, -0.05) is 6.07 Å². The zero-order valence-corrected chi connectivity index (χ0v) is 11.1. The van der Waals surface area contributed by atoms with Crippen molar-refractivity contribution < 1.29 is 19.1 Å². The van der Waals surface area contributed by atoms with E-state index in [1.807, 2.05) is 25.1 Å². The van der Waals surface area contributed by atoms with E-state index in [1.54, 1.807) is 12.1 Å². The molecular weight excluding hydrogens is 258 g/mol. The number of carboxylic acids is 1. The van der Waals surface area contributed by atoms with Crippen molar-refractivity contribution in [1.29, 1.82) is 0 Å². The third-order valence-electron chi connectivity index (χ3n) is 3.32. The topological polar surface area (TPSA) is 62.9 Å². The molecule has 20 heavy (non-hydrogen) atoms. The Bertz CT molecular complexity index is 647. The summed E-state index contributed by atoms with van der Waals surface area (Å²) in [7, 11) is 0.